The van der Waals surface area contributed by atoms with E-state index >= 15 is 0 Å². The maximum absolute atomic E-state index is 4.34. The van der Waals surface area contributed by atoms with Crippen LogP contribution in [0.3, 0.4) is 0 Å². The summed E-state index contributed by atoms with van der Waals surface area (Å²) in [5.41, 5.74) is 2.05. The molecule has 0 spiro atoms. The molecule has 0 atom stereocenters. The van der Waals surface area contributed by atoms with Crippen LogP contribution in [-0.2, 0) is 0 Å². The quantitative estimate of drug-likeness (QED) is 0.733. The predicted octanol–water partition coefficient (Wildman–Crippen LogP) is 4.75. The second-order valence-electron chi connectivity index (χ2n) is 4.79. The van der Waals surface area contributed by atoms with E-state index in [4.69, 9.17) is 0 Å². The van der Waals surface area contributed by atoms with E-state index < -0.39 is 0 Å². The van der Waals surface area contributed by atoms with E-state index in [-0.39, 0.29) is 0 Å². The molecular weight excluding hydrogens is 340 g/mol. The molecule has 0 amide bonds. The number of aromatic nitrogens is 2. The molecule has 110 valence electrons. The standard InChI is InChI=1S/C17H15BrN4/c1-22(15-8-3-2-4-9-15)17-11-16(19-12-20-17)21-14-7-5-6-13(18)10-14/h2-12H,1H3,(H,19,20,21). The van der Waals surface area contributed by atoms with E-state index in [1.54, 1.807) is 6.33 Å². The third-order valence-corrected chi connectivity index (χ3v) is 3.73. The van der Waals surface area contributed by atoms with Crippen molar-refractivity contribution in [1.29, 1.82) is 0 Å². The average Bonchev–Trinajstić information content (AvgIpc) is 2.55. The first kappa shape index (κ1) is 14.5. The molecule has 1 heterocycles. The van der Waals surface area contributed by atoms with Crippen molar-refractivity contribution in [3.05, 3.63) is 71.5 Å². The van der Waals surface area contributed by atoms with E-state index in [0.29, 0.717) is 0 Å². The minimum atomic E-state index is 0.755. The first-order chi connectivity index (χ1) is 10.7. The first-order valence-corrected chi connectivity index (χ1v) is 7.65. The Morgan fingerprint density at radius 2 is 1.77 bits per heavy atom. The number of halogens is 1. The zero-order valence-corrected chi connectivity index (χ0v) is 13.7. The number of hydrogen-bond acceptors (Lipinski definition) is 4. The van der Waals surface area contributed by atoms with E-state index in [0.717, 1.165) is 27.5 Å². The molecular formula is C17H15BrN4. The molecule has 0 aliphatic rings. The third kappa shape index (κ3) is 3.43. The van der Waals surface area contributed by atoms with Crippen LogP contribution in [0.25, 0.3) is 0 Å². The Morgan fingerprint density at radius 3 is 2.55 bits per heavy atom. The third-order valence-electron chi connectivity index (χ3n) is 3.24. The molecule has 3 rings (SSSR count). The molecule has 0 aliphatic heterocycles. The highest BCUT2D eigenvalue weighted by atomic mass is 79.9. The minimum Gasteiger partial charge on any atom is -0.340 e. The van der Waals surface area contributed by atoms with Crippen molar-refractivity contribution in [3.63, 3.8) is 0 Å². The Hall–Kier alpha value is -2.40. The molecule has 0 fully saturated rings. The molecule has 5 heteroatoms. The summed E-state index contributed by atoms with van der Waals surface area (Å²) in [6, 6.07) is 20.0. The number of hydrogen-bond donors (Lipinski definition) is 1. The molecule has 3 aromatic rings. The molecule has 0 bridgehead atoms. The van der Waals surface area contributed by atoms with E-state index in [1.165, 1.54) is 0 Å². The smallest absolute Gasteiger partial charge is 0.138 e. The number of nitrogens with one attached hydrogen (secondary N) is 1. The van der Waals surface area contributed by atoms with Crippen molar-refractivity contribution in [1.82, 2.24) is 9.97 Å². The van der Waals surface area contributed by atoms with Crippen LogP contribution in [0, 0.1) is 0 Å². The van der Waals surface area contributed by atoms with Crippen LogP contribution in [-0.4, -0.2) is 17.0 Å². The average molecular weight is 355 g/mol. The van der Waals surface area contributed by atoms with Crippen LogP contribution >= 0.6 is 15.9 Å². The van der Waals surface area contributed by atoms with Crippen molar-refractivity contribution in [3.8, 4) is 0 Å². The van der Waals surface area contributed by atoms with Crippen molar-refractivity contribution >= 4 is 38.9 Å². The van der Waals surface area contributed by atoms with E-state index in [9.17, 15) is 0 Å². The largest absolute Gasteiger partial charge is 0.340 e. The van der Waals surface area contributed by atoms with Gasteiger partial charge in [-0.25, -0.2) is 9.97 Å². The van der Waals surface area contributed by atoms with Crippen molar-refractivity contribution < 1.29 is 0 Å². The van der Waals surface area contributed by atoms with Gasteiger partial charge in [-0.1, -0.05) is 40.2 Å². The fourth-order valence-electron chi connectivity index (χ4n) is 2.10. The SMILES string of the molecule is CN(c1ccccc1)c1cc(Nc2cccc(Br)c2)ncn1. The van der Waals surface area contributed by atoms with E-state index in [1.807, 2.05) is 72.6 Å². The van der Waals surface area contributed by atoms with Gasteiger partial charge in [-0.3, -0.25) is 0 Å². The lowest BCUT2D eigenvalue weighted by molar-refractivity contribution is 1.08. The fourth-order valence-corrected chi connectivity index (χ4v) is 2.50. The molecule has 0 aliphatic carbocycles. The molecule has 0 unspecified atom stereocenters. The van der Waals surface area contributed by atoms with Gasteiger partial charge in [0.05, 0.1) is 0 Å². The zero-order valence-electron chi connectivity index (χ0n) is 12.1. The summed E-state index contributed by atoms with van der Waals surface area (Å²) in [6.45, 7) is 0. The molecule has 0 saturated heterocycles. The van der Waals surface area contributed by atoms with Gasteiger partial charge in [-0.2, -0.15) is 0 Å². The van der Waals surface area contributed by atoms with Gasteiger partial charge in [0.1, 0.15) is 18.0 Å². The fraction of sp³-hybridized carbons (Fsp3) is 0.0588. The summed E-state index contributed by atoms with van der Waals surface area (Å²) in [5.74, 6) is 1.59. The number of anilines is 4. The maximum Gasteiger partial charge on any atom is 0.138 e. The number of para-hydroxylation sites is 1. The highest BCUT2D eigenvalue weighted by molar-refractivity contribution is 9.10. The number of rotatable bonds is 4. The van der Waals surface area contributed by atoms with Gasteiger partial charge in [0.25, 0.3) is 0 Å². The van der Waals surface area contributed by atoms with Crippen molar-refractivity contribution in [2.24, 2.45) is 0 Å². The van der Waals surface area contributed by atoms with Gasteiger partial charge in [0.15, 0.2) is 0 Å². The van der Waals surface area contributed by atoms with Crippen LogP contribution in [0.2, 0.25) is 0 Å². The Bertz CT molecular complexity index is 761. The van der Waals surface area contributed by atoms with Gasteiger partial charge >= 0.3 is 0 Å². The zero-order chi connectivity index (χ0) is 15.4. The molecule has 22 heavy (non-hydrogen) atoms. The highest BCUT2D eigenvalue weighted by Gasteiger charge is 2.06. The lowest BCUT2D eigenvalue weighted by atomic mass is 10.3. The maximum atomic E-state index is 4.34. The monoisotopic (exact) mass is 354 g/mol. The van der Waals surface area contributed by atoms with Crippen molar-refractivity contribution in [2.75, 3.05) is 17.3 Å². The molecule has 2 aromatic carbocycles. The Balaban J connectivity index is 1.83. The summed E-state index contributed by atoms with van der Waals surface area (Å²) >= 11 is 3.46. The second-order valence-corrected chi connectivity index (χ2v) is 5.71. The lowest BCUT2D eigenvalue weighted by Crippen LogP contribution is -2.11. The van der Waals surface area contributed by atoms with Gasteiger partial charge < -0.3 is 10.2 Å². The molecule has 4 nitrogen and oxygen atoms in total. The molecule has 0 radical (unpaired) electrons. The number of nitrogens with zero attached hydrogens (tertiary/aromatic N) is 3. The van der Waals surface area contributed by atoms with Crippen LogP contribution in [0.4, 0.5) is 23.0 Å². The summed E-state index contributed by atoms with van der Waals surface area (Å²) in [6.07, 6.45) is 1.56. The lowest BCUT2D eigenvalue weighted by Gasteiger charge is -2.18. The summed E-state index contributed by atoms with van der Waals surface area (Å²) in [7, 11) is 1.99. The Morgan fingerprint density at radius 1 is 0.955 bits per heavy atom. The van der Waals surface area contributed by atoms with Gasteiger partial charge in [0.2, 0.25) is 0 Å². The normalized spacial score (nSPS) is 10.3. The van der Waals surface area contributed by atoms with E-state index in [2.05, 4.69) is 31.2 Å². The first-order valence-electron chi connectivity index (χ1n) is 6.86. The second kappa shape index (κ2) is 6.58. The molecule has 1 aromatic heterocycles. The summed E-state index contributed by atoms with van der Waals surface area (Å²) in [4.78, 5) is 10.6. The number of benzene rings is 2. The van der Waals surface area contributed by atoms with Gasteiger partial charge in [0, 0.05) is 29.0 Å². The van der Waals surface area contributed by atoms with Crippen LogP contribution in [0.5, 0.6) is 0 Å². The minimum absolute atomic E-state index is 0.755. The predicted molar refractivity (Wildman–Crippen MR) is 94.0 cm³/mol. The highest BCUT2D eigenvalue weighted by Crippen LogP contribution is 2.24. The molecule has 1 N–H and O–H groups in total. The summed E-state index contributed by atoms with van der Waals surface area (Å²) in [5, 5.41) is 3.28. The summed E-state index contributed by atoms with van der Waals surface area (Å²) < 4.78 is 1.02. The van der Waals surface area contributed by atoms with Crippen LogP contribution in [0.1, 0.15) is 0 Å². The van der Waals surface area contributed by atoms with Crippen molar-refractivity contribution in [2.45, 2.75) is 0 Å². The van der Waals surface area contributed by atoms with Gasteiger partial charge in [-0.15, -0.1) is 0 Å². The Labute approximate surface area is 138 Å². The van der Waals surface area contributed by atoms with Gasteiger partial charge in [-0.05, 0) is 30.3 Å². The molecule has 0 saturated carbocycles. The van der Waals surface area contributed by atoms with Crippen LogP contribution < -0.4 is 10.2 Å². The van der Waals surface area contributed by atoms with Crippen LogP contribution in [0.15, 0.2) is 71.5 Å². The topological polar surface area (TPSA) is 41.0 Å². The Kier molecular flexibility index (Phi) is 4.34.